The normalized spacial score (nSPS) is 18.7. The first kappa shape index (κ1) is 16.6. The molecule has 0 unspecified atom stereocenters. The summed E-state index contributed by atoms with van der Waals surface area (Å²) in [4.78, 5) is 0. The lowest BCUT2D eigenvalue weighted by Gasteiger charge is -2.38. The Morgan fingerprint density at radius 2 is 1.26 bits per heavy atom. The zero-order valence-electron chi connectivity index (χ0n) is 12.8. The Balaban J connectivity index is 3.18. The molecule has 110 valence electrons. The molecule has 0 aromatic carbocycles. The third kappa shape index (κ3) is 2.86. The minimum Gasteiger partial charge on any atom is -0.169 e. The molecule has 0 nitrogen and oxygen atoms in total. The minimum atomic E-state index is -4.16. The van der Waals surface area contributed by atoms with Crippen LogP contribution in [-0.4, -0.2) is 14.3 Å². The lowest BCUT2D eigenvalue weighted by atomic mass is 10.1. The van der Waals surface area contributed by atoms with Gasteiger partial charge in [-0.05, 0) is 29.5 Å². The van der Waals surface area contributed by atoms with Gasteiger partial charge in [-0.25, -0.2) is 0 Å². The predicted octanol–water partition coefficient (Wildman–Crippen LogP) is 5.55. The molecule has 0 spiro atoms. The van der Waals surface area contributed by atoms with Crippen molar-refractivity contribution in [3.05, 3.63) is 0 Å². The smallest absolute Gasteiger partial charge is 0.169 e. The van der Waals surface area contributed by atoms with Gasteiger partial charge in [0.1, 0.15) is 13.5 Å². The van der Waals surface area contributed by atoms with Crippen LogP contribution in [0, 0.1) is 16.9 Å². The van der Waals surface area contributed by atoms with Crippen LogP contribution in [-0.2, 0) is 0 Å². The highest BCUT2D eigenvalue weighted by atomic mass is 28.3. The number of halogens is 3. The number of hydrogen-bond acceptors (Lipinski definition) is 0. The first-order valence-corrected chi connectivity index (χ1v) is 9.34. The summed E-state index contributed by atoms with van der Waals surface area (Å²) in [7, 11) is -2.04. The van der Waals surface area contributed by atoms with Gasteiger partial charge in [-0.1, -0.05) is 47.5 Å². The molecule has 0 aromatic rings. The third-order valence-electron chi connectivity index (χ3n) is 4.68. The molecular formula is C15H25F3Si. The largest absolute Gasteiger partial charge is 0.405 e. The highest BCUT2D eigenvalue weighted by Crippen LogP contribution is 2.57. The molecule has 19 heavy (non-hydrogen) atoms. The van der Waals surface area contributed by atoms with Crippen molar-refractivity contribution < 1.29 is 13.2 Å². The molecule has 0 atom stereocenters. The second-order valence-electron chi connectivity index (χ2n) is 6.73. The van der Waals surface area contributed by atoms with E-state index in [9.17, 15) is 13.2 Å². The molecule has 1 rings (SSSR count). The van der Waals surface area contributed by atoms with E-state index in [1.807, 2.05) is 0 Å². The van der Waals surface area contributed by atoms with Crippen LogP contribution in [0.4, 0.5) is 13.2 Å². The average Bonchev–Trinajstić information content (AvgIpc) is 2.96. The van der Waals surface area contributed by atoms with Gasteiger partial charge < -0.3 is 0 Å². The van der Waals surface area contributed by atoms with E-state index in [0.717, 1.165) is 0 Å². The van der Waals surface area contributed by atoms with Crippen LogP contribution < -0.4 is 0 Å². The van der Waals surface area contributed by atoms with E-state index in [4.69, 9.17) is 0 Å². The van der Waals surface area contributed by atoms with Crippen molar-refractivity contribution in [3.63, 3.8) is 0 Å². The summed E-state index contributed by atoms with van der Waals surface area (Å²) in [6.45, 7) is 12.7. The Hall–Kier alpha value is -0.433. The monoisotopic (exact) mass is 290 g/mol. The maximum Gasteiger partial charge on any atom is 0.405 e. The average molecular weight is 290 g/mol. The van der Waals surface area contributed by atoms with Gasteiger partial charge in [-0.2, -0.15) is 13.2 Å². The van der Waals surface area contributed by atoms with Crippen LogP contribution in [0.25, 0.3) is 0 Å². The summed E-state index contributed by atoms with van der Waals surface area (Å²) in [5.74, 6) is 2.68. The molecule has 1 saturated carbocycles. The third-order valence-corrected chi connectivity index (χ3v) is 11.0. The quantitative estimate of drug-likeness (QED) is 0.472. The summed E-state index contributed by atoms with van der Waals surface area (Å²) >= 11 is 0. The fourth-order valence-corrected chi connectivity index (χ4v) is 8.59. The molecule has 0 aromatic heterocycles. The fraction of sp³-hybridized carbons (Fsp3) is 0.867. The molecule has 0 amide bonds. The standard InChI is InChI=1S/C15H25F3Si/c1-11(2)19(12(3)4,13(5)6)10-9-14(7-8-14)15(16,17)18/h11-13H,7-8H2,1-6H3. The SMILES string of the molecule is CC(C)[Si](C#CC1(C(F)(F)F)CC1)(C(C)C)C(C)C. The van der Waals surface area contributed by atoms with Crippen LogP contribution in [0.1, 0.15) is 54.4 Å². The summed E-state index contributed by atoms with van der Waals surface area (Å²) in [6.07, 6.45) is -3.80. The zero-order valence-corrected chi connectivity index (χ0v) is 13.8. The molecule has 0 bridgehead atoms. The number of rotatable bonds is 3. The van der Waals surface area contributed by atoms with Gasteiger partial charge >= 0.3 is 6.18 Å². The lowest BCUT2D eigenvalue weighted by Crippen LogP contribution is -2.43. The van der Waals surface area contributed by atoms with Crippen molar-refractivity contribution >= 4 is 8.07 Å². The summed E-state index contributed by atoms with van der Waals surface area (Å²) < 4.78 is 39.0. The Bertz CT molecular complexity index is 357. The van der Waals surface area contributed by atoms with Crippen molar-refractivity contribution in [2.75, 3.05) is 0 Å². The van der Waals surface area contributed by atoms with Crippen LogP contribution >= 0.6 is 0 Å². The lowest BCUT2D eigenvalue weighted by molar-refractivity contribution is -0.168. The molecule has 0 aliphatic heterocycles. The van der Waals surface area contributed by atoms with Crippen LogP contribution in [0.15, 0.2) is 0 Å². The number of hydrogen-bond donors (Lipinski definition) is 0. The maximum atomic E-state index is 13.0. The molecule has 1 aliphatic rings. The van der Waals surface area contributed by atoms with E-state index >= 15 is 0 Å². The van der Waals surface area contributed by atoms with Crippen molar-refractivity contribution in [3.8, 4) is 11.5 Å². The summed E-state index contributed by atoms with van der Waals surface area (Å²) in [5, 5.41) is 0. The highest BCUT2D eigenvalue weighted by molar-refractivity contribution is 6.90. The fourth-order valence-electron chi connectivity index (χ4n) is 3.27. The van der Waals surface area contributed by atoms with Gasteiger partial charge in [0.2, 0.25) is 0 Å². The van der Waals surface area contributed by atoms with Crippen molar-refractivity contribution in [2.24, 2.45) is 5.41 Å². The molecule has 0 saturated heterocycles. The van der Waals surface area contributed by atoms with Gasteiger partial charge in [0.05, 0.1) is 0 Å². The van der Waals surface area contributed by atoms with Gasteiger partial charge in [-0.3, -0.25) is 0 Å². The maximum absolute atomic E-state index is 13.0. The van der Waals surface area contributed by atoms with Crippen LogP contribution in [0.5, 0.6) is 0 Å². The van der Waals surface area contributed by atoms with Crippen molar-refractivity contribution in [2.45, 2.75) is 77.2 Å². The van der Waals surface area contributed by atoms with Crippen LogP contribution in [0.2, 0.25) is 16.6 Å². The zero-order chi connectivity index (χ0) is 15.1. The van der Waals surface area contributed by atoms with E-state index in [0.29, 0.717) is 16.6 Å². The van der Waals surface area contributed by atoms with Gasteiger partial charge in [-0.15, -0.1) is 5.54 Å². The first-order chi connectivity index (χ1) is 8.49. The minimum absolute atomic E-state index is 0.183. The highest BCUT2D eigenvalue weighted by Gasteiger charge is 2.62. The molecule has 1 fully saturated rings. The topological polar surface area (TPSA) is 0 Å². The van der Waals surface area contributed by atoms with Crippen molar-refractivity contribution in [1.82, 2.24) is 0 Å². The Morgan fingerprint density at radius 1 is 0.895 bits per heavy atom. The molecule has 0 N–H and O–H groups in total. The van der Waals surface area contributed by atoms with E-state index < -0.39 is 19.7 Å². The first-order valence-electron chi connectivity index (χ1n) is 7.10. The van der Waals surface area contributed by atoms with E-state index in [-0.39, 0.29) is 12.8 Å². The molecule has 0 heterocycles. The second kappa shape index (κ2) is 5.16. The van der Waals surface area contributed by atoms with Gasteiger partial charge in [0, 0.05) is 0 Å². The number of alkyl halides is 3. The molecule has 4 heteroatoms. The van der Waals surface area contributed by atoms with Gasteiger partial charge in [0.25, 0.3) is 0 Å². The molecule has 1 aliphatic carbocycles. The molecular weight excluding hydrogens is 265 g/mol. The Labute approximate surface area is 116 Å². The molecule has 0 radical (unpaired) electrons. The van der Waals surface area contributed by atoms with E-state index in [1.54, 1.807) is 0 Å². The predicted molar refractivity (Wildman–Crippen MR) is 76.5 cm³/mol. The summed E-state index contributed by atoms with van der Waals surface area (Å²) in [5.41, 5.74) is 2.67. The summed E-state index contributed by atoms with van der Waals surface area (Å²) in [6, 6.07) is 0. The van der Waals surface area contributed by atoms with Crippen molar-refractivity contribution in [1.29, 1.82) is 0 Å². The Kier molecular flexibility index (Phi) is 4.51. The van der Waals surface area contributed by atoms with E-state index in [2.05, 4.69) is 53.0 Å². The van der Waals surface area contributed by atoms with Gasteiger partial charge in [0.15, 0.2) is 0 Å². The van der Waals surface area contributed by atoms with E-state index in [1.165, 1.54) is 0 Å². The second-order valence-corrected chi connectivity index (χ2v) is 12.3. The van der Waals surface area contributed by atoms with Crippen LogP contribution in [0.3, 0.4) is 0 Å². The Morgan fingerprint density at radius 3 is 1.47 bits per heavy atom.